The lowest BCUT2D eigenvalue weighted by atomic mass is 10.0. The largest absolute Gasteiger partial charge is 0.471 e. The van der Waals surface area contributed by atoms with Crippen LogP contribution in [0, 0.1) is 0 Å². The van der Waals surface area contributed by atoms with Crippen LogP contribution in [-0.2, 0) is 11.0 Å². The lowest BCUT2D eigenvalue weighted by Gasteiger charge is -2.48. The zero-order valence-electron chi connectivity index (χ0n) is 18.1. The van der Waals surface area contributed by atoms with Crippen LogP contribution in [0.3, 0.4) is 0 Å². The molecule has 0 aliphatic carbocycles. The summed E-state index contributed by atoms with van der Waals surface area (Å²) in [7, 11) is 0. The van der Waals surface area contributed by atoms with Crippen molar-refractivity contribution in [2.24, 2.45) is 0 Å². The van der Waals surface area contributed by atoms with Gasteiger partial charge in [0.25, 0.3) is 5.91 Å². The summed E-state index contributed by atoms with van der Waals surface area (Å²) in [6, 6.07) is 7.47. The molecule has 2 amide bonds. The van der Waals surface area contributed by atoms with Crippen LogP contribution in [0.25, 0.3) is 0 Å². The highest BCUT2D eigenvalue weighted by molar-refractivity contribution is 5.95. The molecule has 2 aliphatic heterocycles. The lowest BCUT2D eigenvalue weighted by Crippen LogP contribution is -2.65. The smallest absolute Gasteiger partial charge is 0.439 e. The molecule has 188 valence electrons. The number of piperazine rings is 1. The van der Waals surface area contributed by atoms with E-state index in [1.54, 1.807) is 4.90 Å². The topological polar surface area (TPSA) is 66.0 Å². The van der Waals surface area contributed by atoms with Gasteiger partial charge in [-0.3, -0.25) is 14.5 Å². The van der Waals surface area contributed by atoms with Gasteiger partial charge in [0.2, 0.25) is 5.88 Å². The normalized spacial score (nSPS) is 17.8. The van der Waals surface area contributed by atoms with E-state index in [9.17, 15) is 35.9 Å². The first-order valence-corrected chi connectivity index (χ1v) is 10.6. The Kier molecular flexibility index (Phi) is 6.62. The fourth-order valence-corrected chi connectivity index (χ4v) is 3.93. The number of rotatable bonds is 4. The van der Waals surface area contributed by atoms with E-state index in [0.717, 1.165) is 23.2 Å². The van der Waals surface area contributed by atoms with Crippen molar-refractivity contribution in [1.29, 1.82) is 0 Å². The minimum Gasteiger partial charge on any atom is -0.439 e. The van der Waals surface area contributed by atoms with E-state index in [0.29, 0.717) is 31.7 Å². The molecule has 0 unspecified atom stereocenters. The van der Waals surface area contributed by atoms with E-state index in [-0.39, 0.29) is 36.7 Å². The first-order valence-electron chi connectivity index (χ1n) is 10.6. The quantitative estimate of drug-likeness (QED) is 0.600. The van der Waals surface area contributed by atoms with E-state index in [2.05, 4.69) is 4.98 Å². The molecule has 3 heterocycles. The fourth-order valence-electron chi connectivity index (χ4n) is 3.93. The van der Waals surface area contributed by atoms with Crippen molar-refractivity contribution >= 4 is 11.8 Å². The maximum atomic E-state index is 12.8. The van der Waals surface area contributed by atoms with Gasteiger partial charge in [0, 0.05) is 63.1 Å². The third kappa shape index (κ3) is 5.66. The van der Waals surface area contributed by atoms with Gasteiger partial charge >= 0.3 is 18.3 Å². The molecule has 4 rings (SSSR count). The summed E-state index contributed by atoms with van der Waals surface area (Å²) in [6.45, 7) is 1.35. The van der Waals surface area contributed by atoms with Gasteiger partial charge in [-0.25, -0.2) is 4.98 Å². The third-order valence-corrected chi connectivity index (χ3v) is 5.90. The van der Waals surface area contributed by atoms with E-state index >= 15 is 0 Å². The summed E-state index contributed by atoms with van der Waals surface area (Å²) < 4.78 is 81.5. The summed E-state index contributed by atoms with van der Waals surface area (Å²) in [5.74, 6) is -2.11. The Hall–Kier alpha value is -3.35. The van der Waals surface area contributed by atoms with Crippen LogP contribution >= 0.6 is 0 Å². The summed E-state index contributed by atoms with van der Waals surface area (Å²) >= 11 is 0. The lowest BCUT2D eigenvalue weighted by molar-refractivity contribution is -0.187. The fraction of sp³-hybridized carbons (Fsp3) is 0.409. The van der Waals surface area contributed by atoms with Gasteiger partial charge < -0.3 is 14.5 Å². The van der Waals surface area contributed by atoms with Crippen LogP contribution < -0.4 is 4.74 Å². The Balaban J connectivity index is 1.27. The van der Waals surface area contributed by atoms with Crippen LogP contribution in [0.2, 0.25) is 0 Å². The minimum absolute atomic E-state index is 0.00308. The number of aromatic nitrogens is 1. The molecule has 13 heteroatoms. The van der Waals surface area contributed by atoms with E-state index in [4.69, 9.17) is 4.74 Å². The average molecular weight is 502 g/mol. The number of hydrogen-bond acceptors (Lipinski definition) is 5. The molecule has 7 nitrogen and oxygen atoms in total. The average Bonchev–Trinajstić information content (AvgIpc) is 2.77. The number of halogens is 6. The van der Waals surface area contributed by atoms with Crippen molar-refractivity contribution in [2.75, 3.05) is 39.3 Å². The van der Waals surface area contributed by atoms with Gasteiger partial charge in [-0.05, 0) is 30.3 Å². The second-order valence-electron chi connectivity index (χ2n) is 8.20. The molecule has 0 N–H and O–H groups in total. The van der Waals surface area contributed by atoms with Gasteiger partial charge in [-0.1, -0.05) is 0 Å². The van der Waals surface area contributed by atoms with Crippen molar-refractivity contribution in [3.63, 3.8) is 0 Å². The Morgan fingerprint density at radius 1 is 0.886 bits per heavy atom. The van der Waals surface area contributed by atoms with E-state index in [1.165, 1.54) is 24.3 Å². The van der Waals surface area contributed by atoms with Crippen molar-refractivity contribution < 1.29 is 40.7 Å². The number of likely N-dealkylation sites (tertiary alicyclic amines) is 1. The summed E-state index contributed by atoms with van der Waals surface area (Å²) in [6.07, 6.45) is -8.42. The van der Waals surface area contributed by atoms with Gasteiger partial charge in [0.15, 0.2) is 0 Å². The zero-order valence-corrected chi connectivity index (χ0v) is 18.1. The summed E-state index contributed by atoms with van der Waals surface area (Å²) in [5.41, 5.74) is -0.539. The number of ether oxygens (including phenoxy) is 1. The van der Waals surface area contributed by atoms with Crippen LogP contribution in [-0.4, -0.2) is 83.0 Å². The molecule has 1 aromatic carbocycles. The number of carbonyl (C=O) groups excluding carboxylic acids is 2. The minimum atomic E-state index is -4.88. The second kappa shape index (κ2) is 9.36. The second-order valence-corrected chi connectivity index (χ2v) is 8.20. The van der Waals surface area contributed by atoms with Gasteiger partial charge in [-0.2, -0.15) is 26.3 Å². The summed E-state index contributed by atoms with van der Waals surface area (Å²) in [4.78, 5) is 32.1. The maximum absolute atomic E-state index is 12.8. The monoisotopic (exact) mass is 502 g/mol. The highest BCUT2D eigenvalue weighted by Crippen LogP contribution is 2.32. The number of hydrogen-bond donors (Lipinski definition) is 0. The molecular weight excluding hydrogens is 482 g/mol. The molecule has 0 spiro atoms. The SMILES string of the molecule is O=C(c1ccc(Oc2cc(C(F)(F)F)ccn2)cc1)N1CC(N2CCN(C(=O)C(F)(F)F)CC2)C1. The van der Waals surface area contributed by atoms with Crippen molar-refractivity contribution in [3.8, 4) is 11.6 Å². The molecule has 0 bridgehead atoms. The van der Waals surface area contributed by atoms with Crippen molar-refractivity contribution in [1.82, 2.24) is 19.7 Å². The Labute approximate surface area is 195 Å². The van der Waals surface area contributed by atoms with Gasteiger partial charge in [-0.15, -0.1) is 0 Å². The highest BCUT2D eigenvalue weighted by Gasteiger charge is 2.44. The third-order valence-electron chi connectivity index (χ3n) is 5.90. The number of benzene rings is 1. The van der Waals surface area contributed by atoms with Crippen LogP contribution in [0.1, 0.15) is 15.9 Å². The van der Waals surface area contributed by atoms with Crippen molar-refractivity contribution in [2.45, 2.75) is 18.4 Å². The molecule has 0 radical (unpaired) electrons. The standard InChI is InChI=1S/C22H20F6N4O3/c23-21(24,25)15-5-6-29-18(11-15)35-17-3-1-14(2-4-17)19(33)32-12-16(13-32)30-7-9-31(10-8-30)20(34)22(26,27)28/h1-6,11,16H,7-10,12-13H2. The number of nitrogens with zero attached hydrogens (tertiary/aromatic N) is 4. The van der Waals surface area contributed by atoms with Crippen LogP contribution in [0.5, 0.6) is 11.6 Å². The molecule has 2 fully saturated rings. The van der Waals surface area contributed by atoms with Gasteiger partial charge in [0.05, 0.1) is 5.56 Å². The predicted molar refractivity (Wildman–Crippen MR) is 110 cm³/mol. The Morgan fingerprint density at radius 2 is 1.51 bits per heavy atom. The number of carbonyl (C=O) groups is 2. The molecule has 35 heavy (non-hydrogen) atoms. The number of pyridine rings is 1. The number of alkyl halides is 6. The van der Waals surface area contributed by atoms with Crippen LogP contribution in [0.15, 0.2) is 42.6 Å². The Bertz CT molecular complexity index is 1080. The molecule has 2 aromatic rings. The molecule has 1 aromatic heterocycles. The first kappa shape index (κ1) is 24.8. The Morgan fingerprint density at radius 3 is 2.09 bits per heavy atom. The van der Waals surface area contributed by atoms with Crippen molar-refractivity contribution in [3.05, 3.63) is 53.7 Å². The molecular formula is C22H20F6N4O3. The maximum Gasteiger partial charge on any atom is 0.471 e. The molecule has 0 saturated carbocycles. The van der Waals surface area contributed by atoms with Crippen LogP contribution in [0.4, 0.5) is 26.3 Å². The zero-order chi connectivity index (χ0) is 25.4. The number of amides is 2. The highest BCUT2D eigenvalue weighted by atomic mass is 19.4. The predicted octanol–water partition coefficient (Wildman–Crippen LogP) is 3.42. The first-order chi connectivity index (χ1) is 16.4. The van der Waals surface area contributed by atoms with E-state index in [1.807, 2.05) is 4.90 Å². The van der Waals surface area contributed by atoms with Gasteiger partial charge in [0.1, 0.15) is 5.75 Å². The molecule has 0 atom stereocenters. The molecule has 2 saturated heterocycles. The molecule has 2 aliphatic rings. The summed E-state index contributed by atoms with van der Waals surface area (Å²) in [5, 5.41) is 0. The van der Waals surface area contributed by atoms with E-state index < -0.39 is 23.8 Å².